The van der Waals surface area contributed by atoms with Gasteiger partial charge in [0.15, 0.2) is 5.81 Å². The fourth-order valence-corrected chi connectivity index (χ4v) is 1.67. The van der Waals surface area contributed by atoms with Gasteiger partial charge in [0.25, 0.3) is 0 Å². The van der Waals surface area contributed by atoms with Crippen LogP contribution in [0.25, 0.3) is 0 Å². The molecule has 2 rings (SSSR count). The second-order valence-corrected chi connectivity index (χ2v) is 2.84. The summed E-state index contributed by atoms with van der Waals surface area (Å²) in [4.78, 5) is 23.0. The summed E-state index contributed by atoms with van der Waals surface area (Å²) in [7, 11) is 5.01. The number of amides is 2. The summed E-state index contributed by atoms with van der Waals surface area (Å²) in [5.41, 5.74) is 0. The Bertz CT molecular complexity index is 261. The molecule has 2 bridgehead atoms. The minimum Gasteiger partial charge on any atom is -0.289 e. The molecule has 3 nitrogen and oxygen atoms in total. The number of fused-ring (bicyclic) bond motifs is 2. The SMILES string of the molecule is [B]C(=O)N1C(=O)C2C=CC1C2. The van der Waals surface area contributed by atoms with E-state index in [4.69, 9.17) is 7.85 Å². The highest BCUT2D eigenvalue weighted by molar-refractivity contribution is 6.58. The van der Waals surface area contributed by atoms with Crippen molar-refractivity contribution in [3.8, 4) is 0 Å². The summed E-state index contributed by atoms with van der Waals surface area (Å²) in [6.07, 6.45) is 4.42. The molecule has 0 spiro atoms. The monoisotopic (exact) mass is 147 g/mol. The second kappa shape index (κ2) is 1.97. The molecule has 4 heteroatoms. The Morgan fingerprint density at radius 2 is 2.36 bits per heavy atom. The van der Waals surface area contributed by atoms with E-state index in [9.17, 15) is 9.59 Å². The van der Waals surface area contributed by atoms with Crippen LogP contribution in [0.15, 0.2) is 12.2 Å². The van der Waals surface area contributed by atoms with E-state index >= 15 is 0 Å². The predicted molar refractivity (Wildman–Crippen MR) is 39.0 cm³/mol. The van der Waals surface area contributed by atoms with Crippen molar-refractivity contribution in [1.82, 2.24) is 4.90 Å². The number of rotatable bonds is 0. The lowest BCUT2D eigenvalue weighted by Crippen LogP contribution is -2.39. The highest BCUT2D eigenvalue weighted by atomic mass is 16.2. The molecule has 2 atom stereocenters. The Morgan fingerprint density at radius 3 is 2.73 bits per heavy atom. The number of nitrogens with zero attached hydrogens (tertiary/aromatic N) is 1. The lowest BCUT2D eigenvalue weighted by Gasteiger charge is -2.20. The van der Waals surface area contributed by atoms with Gasteiger partial charge in [-0.2, -0.15) is 0 Å². The van der Waals surface area contributed by atoms with Crippen molar-refractivity contribution >= 4 is 19.6 Å². The molecule has 0 aromatic rings. The first-order valence-electron chi connectivity index (χ1n) is 3.51. The first kappa shape index (κ1) is 6.64. The number of hydrogen-bond donors (Lipinski definition) is 0. The van der Waals surface area contributed by atoms with Gasteiger partial charge in [-0.1, -0.05) is 12.2 Å². The van der Waals surface area contributed by atoms with Crippen molar-refractivity contribution in [2.24, 2.45) is 5.92 Å². The van der Waals surface area contributed by atoms with Crippen molar-refractivity contribution < 1.29 is 9.59 Å². The summed E-state index contributed by atoms with van der Waals surface area (Å²) < 4.78 is 0. The number of likely N-dealkylation sites (tertiary alicyclic amines) is 1. The number of carbonyl (C=O) groups is 2. The number of hydrogen-bond acceptors (Lipinski definition) is 2. The van der Waals surface area contributed by atoms with Gasteiger partial charge in [-0.05, 0) is 6.42 Å². The first-order valence-corrected chi connectivity index (χ1v) is 3.51. The average molecular weight is 147 g/mol. The van der Waals surface area contributed by atoms with Gasteiger partial charge in [-0.15, -0.1) is 0 Å². The molecule has 0 aromatic carbocycles. The van der Waals surface area contributed by atoms with Crippen LogP contribution in [0.1, 0.15) is 6.42 Å². The summed E-state index contributed by atoms with van der Waals surface area (Å²) in [5, 5.41) is 0. The zero-order valence-electron chi connectivity index (χ0n) is 5.86. The summed E-state index contributed by atoms with van der Waals surface area (Å²) in [5.74, 6) is -0.871. The standard InChI is InChI=1S/C7H6BNO2/c8-7(11)9-5-2-1-4(3-5)6(9)10/h1-2,4-5H,3H2. The molecule has 11 heavy (non-hydrogen) atoms. The van der Waals surface area contributed by atoms with Crippen molar-refractivity contribution in [3.05, 3.63) is 12.2 Å². The number of carbonyl (C=O) groups excluding carboxylic acids is 2. The Balaban J connectivity index is 2.32. The van der Waals surface area contributed by atoms with Crippen LogP contribution < -0.4 is 0 Å². The third kappa shape index (κ3) is 0.752. The van der Waals surface area contributed by atoms with Crippen LogP contribution in [0, 0.1) is 5.92 Å². The average Bonchev–Trinajstić information content (AvgIpc) is 2.44. The molecule has 0 saturated carbocycles. The van der Waals surface area contributed by atoms with Crippen LogP contribution in [-0.2, 0) is 4.79 Å². The summed E-state index contributed by atoms with van der Waals surface area (Å²) >= 11 is 0. The van der Waals surface area contributed by atoms with Crippen molar-refractivity contribution in [2.75, 3.05) is 0 Å². The highest BCUT2D eigenvalue weighted by Crippen LogP contribution is 2.32. The Labute approximate surface area is 65.5 Å². The molecule has 54 valence electrons. The van der Waals surface area contributed by atoms with Gasteiger partial charge in [0.05, 0.1) is 12.0 Å². The highest BCUT2D eigenvalue weighted by Gasteiger charge is 2.42. The molecule has 2 unspecified atom stereocenters. The van der Waals surface area contributed by atoms with E-state index in [2.05, 4.69) is 0 Å². The molecule has 1 aliphatic carbocycles. The molecule has 0 aromatic heterocycles. The van der Waals surface area contributed by atoms with Crippen LogP contribution in [0.3, 0.4) is 0 Å². The molecule has 0 N–H and O–H groups in total. The smallest absolute Gasteiger partial charge is 0.236 e. The lowest BCUT2D eigenvalue weighted by atomic mass is 10.1. The Kier molecular flexibility index (Phi) is 1.19. The maximum atomic E-state index is 11.2. The summed E-state index contributed by atoms with van der Waals surface area (Å²) in [6, 6.07) is -0.0648. The minimum atomic E-state index is -0.633. The predicted octanol–water partition coefficient (Wildman–Crippen LogP) is 0.0618. The van der Waals surface area contributed by atoms with Crippen LogP contribution in [0.4, 0.5) is 4.79 Å². The van der Waals surface area contributed by atoms with E-state index in [0.717, 1.165) is 11.3 Å². The molecule has 2 aliphatic rings. The Morgan fingerprint density at radius 1 is 1.64 bits per heavy atom. The quantitative estimate of drug-likeness (QED) is 0.359. The van der Waals surface area contributed by atoms with E-state index in [1.807, 2.05) is 12.2 Å². The van der Waals surface area contributed by atoms with Crippen LogP contribution in [-0.4, -0.2) is 30.5 Å². The van der Waals surface area contributed by atoms with E-state index in [1.165, 1.54) is 0 Å². The third-order valence-corrected chi connectivity index (χ3v) is 2.18. The zero-order chi connectivity index (χ0) is 8.01. The molecule has 2 amide bonds. The minimum absolute atomic E-state index is 0.0648. The molecule has 1 heterocycles. The number of imide groups is 1. The van der Waals surface area contributed by atoms with Gasteiger partial charge < -0.3 is 0 Å². The maximum absolute atomic E-state index is 11.2. The van der Waals surface area contributed by atoms with Crippen LogP contribution >= 0.6 is 0 Å². The Hall–Kier alpha value is -1.06. The van der Waals surface area contributed by atoms with Crippen LogP contribution in [0.2, 0.25) is 0 Å². The van der Waals surface area contributed by atoms with Gasteiger partial charge in [0, 0.05) is 0 Å². The summed E-state index contributed by atoms with van der Waals surface area (Å²) in [6.45, 7) is 0. The fraction of sp³-hybridized carbons (Fsp3) is 0.429. The van der Waals surface area contributed by atoms with Crippen LogP contribution in [0.5, 0.6) is 0 Å². The first-order chi connectivity index (χ1) is 5.20. The van der Waals surface area contributed by atoms with Crippen molar-refractivity contribution in [2.45, 2.75) is 12.5 Å². The van der Waals surface area contributed by atoms with E-state index in [0.29, 0.717) is 0 Å². The van der Waals surface area contributed by atoms with Gasteiger partial charge in [-0.25, -0.2) is 0 Å². The molecule has 2 radical (unpaired) electrons. The topological polar surface area (TPSA) is 37.4 Å². The third-order valence-electron chi connectivity index (χ3n) is 2.18. The van der Waals surface area contributed by atoms with E-state index in [-0.39, 0.29) is 17.9 Å². The second-order valence-electron chi connectivity index (χ2n) is 2.84. The molecule has 1 aliphatic heterocycles. The van der Waals surface area contributed by atoms with E-state index in [1.54, 1.807) is 0 Å². The lowest BCUT2D eigenvalue weighted by molar-refractivity contribution is -0.127. The van der Waals surface area contributed by atoms with Gasteiger partial charge in [-0.3, -0.25) is 14.5 Å². The zero-order valence-corrected chi connectivity index (χ0v) is 5.86. The normalized spacial score (nSPS) is 33.5. The molecule has 1 fully saturated rings. The van der Waals surface area contributed by atoms with Gasteiger partial charge in [0.1, 0.15) is 0 Å². The molecular weight excluding hydrogens is 141 g/mol. The van der Waals surface area contributed by atoms with Gasteiger partial charge >= 0.3 is 0 Å². The van der Waals surface area contributed by atoms with E-state index < -0.39 is 5.81 Å². The largest absolute Gasteiger partial charge is 0.289 e. The van der Waals surface area contributed by atoms with Crippen molar-refractivity contribution in [3.63, 3.8) is 0 Å². The molecule has 1 saturated heterocycles. The fourth-order valence-electron chi connectivity index (χ4n) is 1.67. The maximum Gasteiger partial charge on any atom is 0.236 e. The van der Waals surface area contributed by atoms with Crippen molar-refractivity contribution in [1.29, 1.82) is 0 Å². The molecular formula is C7H6BNO2. The van der Waals surface area contributed by atoms with Gasteiger partial charge in [0.2, 0.25) is 13.8 Å².